The van der Waals surface area contributed by atoms with Crippen LogP contribution in [0.4, 0.5) is 32.0 Å². The minimum Gasteiger partial charge on any atom is -0.397 e. The molecule has 0 bridgehead atoms. The Kier molecular flexibility index (Phi) is 4.11. The summed E-state index contributed by atoms with van der Waals surface area (Å²) in [5.74, 6) is -1.54. The summed E-state index contributed by atoms with van der Waals surface area (Å²) < 4.78 is 75.5. The third kappa shape index (κ3) is 3.81. The van der Waals surface area contributed by atoms with Gasteiger partial charge < -0.3 is 4.74 Å². The van der Waals surface area contributed by atoms with E-state index >= 15 is 0 Å². The SMILES string of the molecule is O=[N+]([O-])c1cnc(C(F)(F)F)c(I)c1OC(F)(F)F. The number of nitrogens with zero attached hydrogens (tertiary/aromatic N) is 2. The van der Waals surface area contributed by atoms with E-state index in [4.69, 9.17) is 0 Å². The standard InChI is InChI=1S/C7HF6IN2O3/c8-6(9,10)5-3(14)4(19-7(11,12)13)2(1-15-5)16(17)18/h1H. The molecule has 0 unspecified atom stereocenters. The Morgan fingerprint density at radius 1 is 1.26 bits per heavy atom. The minimum atomic E-state index is -5.37. The molecule has 0 aliphatic heterocycles. The van der Waals surface area contributed by atoms with Gasteiger partial charge >= 0.3 is 18.2 Å². The van der Waals surface area contributed by atoms with Crippen LogP contribution in [-0.4, -0.2) is 16.3 Å². The van der Waals surface area contributed by atoms with Gasteiger partial charge in [-0.3, -0.25) is 10.1 Å². The van der Waals surface area contributed by atoms with Crippen LogP contribution in [0.1, 0.15) is 5.69 Å². The van der Waals surface area contributed by atoms with Gasteiger partial charge in [0.1, 0.15) is 6.20 Å². The van der Waals surface area contributed by atoms with Crippen molar-refractivity contribution >= 4 is 28.3 Å². The summed E-state index contributed by atoms with van der Waals surface area (Å²) in [6.07, 6.45) is -10.4. The number of rotatable bonds is 2. The molecule has 0 atom stereocenters. The fraction of sp³-hybridized carbons (Fsp3) is 0.286. The van der Waals surface area contributed by atoms with Gasteiger partial charge in [-0.15, -0.1) is 13.2 Å². The summed E-state index contributed by atoms with van der Waals surface area (Å²) in [6.45, 7) is 0. The molecule has 1 rings (SSSR count). The molecule has 0 amide bonds. The van der Waals surface area contributed by atoms with Crippen molar-refractivity contribution in [1.82, 2.24) is 4.98 Å². The van der Waals surface area contributed by atoms with Crippen LogP contribution in [0.2, 0.25) is 0 Å². The van der Waals surface area contributed by atoms with E-state index in [2.05, 4.69) is 9.72 Å². The van der Waals surface area contributed by atoms with Gasteiger partial charge in [0.2, 0.25) is 5.75 Å². The number of hydrogen-bond donors (Lipinski definition) is 0. The Hall–Kier alpha value is -1.34. The molecule has 0 radical (unpaired) electrons. The van der Waals surface area contributed by atoms with E-state index in [1.165, 1.54) is 0 Å². The van der Waals surface area contributed by atoms with Crippen molar-refractivity contribution in [3.05, 3.63) is 25.6 Å². The lowest BCUT2D eigenvalue weighted by atomic mass is 10.3. The Labute approximate surface area is 113 Å². The maximum atomic E-state index is 12.4. The average molecular weight is 402 g/mol. The molecule has 19 heavy (non-hydrogen) atoms. The number of ether oxygens (including phenoxy) is 1. The third-order valence-electron chi connectivity index (χ3n) is 1.64. The van der Waals surface area contributed by atoms with E-state index < -0.39 is 38.2 Å². The normalized spacial score (nSPS) is 12.4. The van der Waals surface area contributed by atoms with E-state index in [0.29, 0.717) is 0 Å². The van der Waals surface area contributed by atoms with Crippen molar-refractivity contribution in [2.24, 2.45) is 0 Å². The molecular weight excluding hydrogens is 401 g/mol. The average Bonchev–Trinajstić information content (AvgIpc) is 2.16. The van der Waals surface area contributed by atoms with E-state index in [1.807, 2.05) is 0 Å². The molecular formula is C7HF6IN2O3. The minimum absolute atomic E-state index is 0.0616. The van der Waals surface area contributed by atoms with Crippen LogP contribution in [0, 0.1) is 13.7 Å². The van der Waals surface area contributed by atoms with Gasteiger partial charge in [-0.05, 0) is 22.6 Å². The Bertz CT molecular complexity index is 515. The van der Waals surface area contributed by atoms with Crippen molar-refractivity contribution in [2.45, 2.75) is 12.5 Å². The summed E-state index contributed by atoms with van der Waals surface area (Å²) in [5.41, 5.74) is -3.01. The fourth-order valence-electron chi connectivity index (χ4n) is 1.00. The summed E-state index contributed by atoms with van der Waals surface area (Å²) in [7, 11) is 0. The van der Waals surface area contributed by atoms with E-state index in [-0.39, 0.29) is 6.20 Å². The van der Waals surface area contributed by atoms with E-state index in [9.17, 15) is 36.5 Å². The van der Waals surface area contributed by atoms with E-state index in [0.717, 1.165) is 22.6 Å². The van der Waals surface area contributed by atoms with Gasteiger partial charge in [-0.25, -0.2) is 4.98 Å². The number of hydrogen-bond acceptors (Lipinski definition) is 4. The molecule has 1 aromatic heterocycles. The Balaban J connectivity index is 3.49. The lowest BCUT2D eigenvalue weighted by Crippen LogP contribution is -2.21. The molecule has 1 heterocycles. The quantitative estimate of drug-likeness (QED) is 0.329. The first kappa shape index (κ1) is 15.7. The van der Waals surface area contributed by atoms with Gasteiger partial charge in [-0.2, -0.15) is 13.2 Å². The second-order valence-electron chi connectivity index (χ2n) is 2.94. The highest BCUT2D eigenvalue weighted by molar-refractivity contribution is 14.1. The number of alkyl halides is 6. The van der Waals surface area contributed by atoms with Crippen molar-refractivity contribution < 1.29 is 36.0 Å². The first-order valence-electron chi connectivity index (χ1n) is 4.09. The van der Waals surface area contributed by atoms with Crippen LogP contribution in [0.15, 0.2) is 6.20 Å². The first-order valence-corrected chi connectivity index (χ1v) is 5.17. The van der Waals surface area contributed by atoms with Crippen LogP contribution in [0.25, 0.3) is 0 Å². The Morgan fingerprint density at radius 3 is 2.16 bits per heavy atom. The highest BCUT2D eigenvalue weighted by atomic mass is 127. The molecule has 1 aromatic rings. The van der Waals surface area contributed by atoms with Gasteiger partial charge in [0.25, 0.3) is 0 Å². The van der Waals surface area contributed by atoms with Crippen LogP contribution in [0.5, 0.6) is 5.75 Å². The monoisotopic (exact) mass is 402 g/mol. The molecule has 12 heteroatoms. The summed E-state index contributed by atoms with van der Waals surface area (Å²) >= 11 is 0.853. The number of pyridine rings is 1. The highest BCUT2D eigenvalue weighted by Crippen LogP contribution is 2.41. The van der Waals surface area contributed by atoms with Crippen molar-refractivity contribution in [3.8, 4) is 5.75 Å². The van der Waals surface area contributed by atoms with Crippen LogP contribution in [0.3, 0.4) is 0 Å². The fourth-order valence-corrected chi connectivity index (χ4v) is 1.83. The number of aromatic nitrogens is 1. The van der Waals surface area contributed by atoms with Gasteiger partial charge in [0.15, 0.2) is 5.69 Å². The molecule has 0 fully saturated rings. The lowest BCUT2D eigenvalue weighted by molar-refractivity contribution is -0.389. The summed E-state index contributed by atoms with van der Waals surface area (Å²) in [6, 6.07) is 0. The number of halogens is 7. The maximum Gasteiger partial charge on any atom is 0.573 e. The van der Waals surface area contributed by atoms with Crippen LogP contribution < -0.4 is 4.74 Å². The first-order chi connectivity index (χ1) is 8.43. The second kappa shape index (κ2) is 4.97. The van der Waals surface area contributed by atoms with Crippen molar-refractivity contribution in [2.75, 3.05) is 0 Å². The molecule has 0 N–H and O–H groups in total. The summed E-state index contributed by atoms with van der Waals surface area (Å²) in [4.78, 5) is 11.9. The molecule has 0 spiro atoms. The second-order valence-corrected chi connectivity index (χ2v) is 4.02. The lowest BCUT2D eigenvalue weighted by Gasteiger charge is -2.14. The van der Waals surface area contributed by atoms with Crippen LogP contribution >= 0.6 is 22.6 Å². The molecule has 0 saturated carbocycles. The van der Waals surface area contributed by atoms with Gasteiger partial charge in [0.05, 0.1) is 8.49 Å². The molecule has 0 saturated heterocycles. The molecule has 0 aliphatic rings. The predicted octanol–water partition coefficient (Wildman–Crippen LogP) is 3.51. The molecule has 0 aromatic carbocycles. The summed E-state index contributed by atoms with van der Waals surface area (Å²) in [5, 5.41) is 10.5. The van der Waals surface area contributed by atoms with Gasteiger partial charge in [-0.1, -0.05) is 0 Å². The topological polar surface area (TPSA) is 65.3 Å². The van der Waals surface area contributed by atoms with Crippen molar-refractivity contribution in [1.29, 1.82) is 0 Å². The zero-order valence-corrected chi connectivity index (χ0v) is 10.5. The largest absolute Gasteiger partial charge is 0.573 e. The molecule has 0 aliphatic carbocycles. The van der Waals surface area contributed by atoms with E-state index in [1.54, 1.807) is 0 Å². The number of nitro groups is 1. The molecule has 5 nitrogen and oxygen atoms in total. The highest BCUT2D eigenvalue weighted by Gasteiger charge is 2.42. The van der Waals surface area contributed by atoms with Crippen molar-refractivity contribution in [3.63, 3.8) is 0 Å². The maximum absolute atomic E-state index is 12.4. The van der Waals surface area contributed by atoms with Crippen LogP contribution in [-0.2, 0) is 6.18 Å². The third-order valence-corrected chi connectivity index (χ3v) is 2.64. The predicted molar refractivity (Wildman–Crippen MR) is 55.3 cm³/mol. The zero-order valence-electron chi connectivity index (χ0n) is 8.34. The smallest absolute Gasteiger partial charge is 0.397 e. The molecule has 106 valence electrons. The van der Waals surface area contributed by atoms with Gasteiger partial charge in [0, 0.05) is 0 Å². The zero-order chi connectivity index (χ0) is 15.0. The Morgan fingerprint density at radius 2 is 1.79 bits per heavy atom.